The third-order valence-electron chi connectivity index (χ3n) is 10.3. The number of piperidine rings is 1. The first-order valence-corrected chi connectivity index (χ1v) is 14.5. The maximum absolute atomic E-state index is 13.2. The molecule has 6 rings (SSSR count). The molecule has 6 aliphatic rings. The van der Waals surface area contributed by atoms with Crippen molar-refractivity contribution < 1.29 is 13.2 Å². The predicted molar refractivity (Wildman–Crippen MR) is 137 cm³/mol. The molecule has 0 aromatic rings. The fourth-order valence-corrected chi connectivity index (χ4v) is 8.06. The SMILES string of the molecule is CN1CC(C(F)(F)F)NC1C1CCC(CN2C(=N)N(C)C3CNC(C4CCCNC4C4CC4)NC32)CC1. The van der Waals surface area contributed by atoms with Gasteiger partial charge in [0, 0.05) is 38.6 Å². The fourth-order valence-electron chi connectivity index (χ4n) is 8.06. The standard InChI is InChI=1S/C26H45F3N8/c1-35-14-20(26(27,28)29)33-23(35)17-7-5-15(6-8-17)13-37-24-19(36(2)25(37)30)12-32-22(34-24)18-4-3-11-31-21(18)16-9-10-16/h15-24,30-34H,3-14H2,1-2H3. The number of alkyl halides is 3. The van der Waals surface area contributed by atoms with Gasteiger partial charge in [-0.2, -0.15) is 13.2 Å². The summed E-state index contributed by atoms with van der Waals surface area (Å²) in [5.74, 6) is 2.72. The Balaban J connectivity index is 1.06. The van der Waals surface area contributed by atoms with E-state index in [4.69, 9.17) is 5.41 Å². The van der Waals surface area contributed by atoms with Crippen molar-refractivity contribution in [1.82, 2.24) is 36.0 Å². The van der Waals surface area contributed by atoms with E-state index in [0.29, 0.717) is 23.8 Å². The highest BCUT2D eigenvalue weighted by Gasteiger charge is 2.50. The largest absolute Gasteiger partial charge is 0.405 e. The van der Waals surface area contributed by atoms with Gasteiger partial charge >= 0.3 is 6.18 Å². The lowest BCUT2D eigenvalue weighted by Crippen LogP contribution is -2.69. The van der Waals surface area contributed by atoms with Crippen LogP contribution in [0.4, 0.5) is 13.2 Å². The summed E-state index contributed by atoms with van der Waals surface area (Å²) in [4.78, 5) is 6.25. The minimum absolute atomic E-state index is 0.0351. The Morgan fingerprint density at radius 2 is 1.65 bits per heavy atom. The molecule has 7 unspecified atom stereocenters. The van der Waals surface area contributed by atoms with Gasteiger partial charge in [-0.15, -0.1) is 0 Å². The molecule has 0 amide bonds. The van der Waals surface area contributed by atoms with Crippen LogP contribution in [0, 0.1) is 29.1 Å². The average molecular weight is 527 g/mol. The second kappa shape index (κ2) is 10.1. The van der Waals surface area contributed by atoms with Crippen LogP contribution in [0.5, 0.6) is 0 Å². The van der Waals surface area contributed by atoms with Gasteiger partial charge in [0.25, 0.3) is 0 Å². The Morgan fingerprint density at radius 1 is 0.919 bits per heavy atom. The van der Waals surface area contributed by atoms with Crippen LogP contribution in [0.15, 0.2) is 0 Å². The van der Waals surface area contributed by atoms with Crippen LogP contribution >= 0.6 is 0 Å². The van der Waals surface area contributed by atoms with E-state index in [1.165, 1.54) is 25.7 Å². The normalized spacial score (nSPS) is 43.9. The number of rotatable bonds is 5. The molecule has 37 heavy (non-hydrogen) atoms. The van der Waals surface area contributed by atoms with Gasteiger partial charge < -0.3 is 15.1 Å². The van der Waals surface area contributed by atoms with Crippen LogP contribution in [0.1, 0.15) is 51.4 Å². The average Bonchev–Trinajstić information content (AvgIpc) is 3.62. The van der Waals surface area contributed by atoms with Crippen molar-refractivity contribution in [2.24, 2.45) is 23.7 Å². The Hall–Kier alpha value is -1.14. The van der Waals surface area contributed by atoms with Crippen molar-refractivity contribution in [3.8, 4) is 0 Å². The van der Waals surface area contributed by atoms with Crippen molar-refractivity contribution in [3.63, 3.8) is 0 Å². The molecule has 0 aromatic heterocycles. The van der Waals surface area contributed by atoms with Crippen LogP contribution < -0.4 is 21.3 Å². The molecule has 210 valence electrons. The van der Waals surface area contributed by atoms with Crippen molar-refractivity contribution >= 4 is 5.96 Å². The van der Waals surface area contributed by atoms with E-state index in [1.54, 1.807) is 0 Å². The summed E-state index contributed by atoms with van der Waals surface area (Å²) in [6, 6.07) is -0.584. The minimum atomic E-state index is -4.19. The number of hydrogen-bond donors (Lipinski definition) is 5. The summed E-state index contributed by atoms with van der Waals surface area (Å²) in [5.41, 5.74) is 0. The monoisotopic (exact) mass is 526 g/mol. The summed E-state index contributed by atoms with van der Waals surface area (Å²) in [6.07, 6.45) is 5.08. The first-order chi connectivity index (χ1) is 17.7. The number of nitrogens with zero attached hydrogens (tertiary/aromatic N) is 3. The molecule has 11 heteroatoms. The molecule has 0 spiro atoms. The van der Waals surface area contributed by atoms with E-state index < -0.39 is 12.2 Å². The van der Waals surface area contributed by atoms with Gasteiger partial charge in [-0.25, -0.2) is 0 Å². The number of likely N-dealkylation sites (N-methyl/N-ethyl adjacent to an activating group) is 2. The second-order valence-corrected chi connectivity index (χ2v) is 12.7. The third-order valence-corrected chi connectivity index (χ3v) is 10.3. The fraction of sp³-hybridized carbons (Fsp3) is 0.962. The second-order valence-electron chi connectivity index (χ2n) is 12.7. The molecule has 4 saturated heterocycles. The number of halogens is 3. The third kappa shape index (κ3) is 5.11. The van der Waals surface area contributed by atoms with E-state index in [1.807, 2.05) is 19.0 Å². The highest BCUT2D eigenvalue weighted by Crippen LogP contribution is 2.40. The smallest absolute Gasteiger partial charge is 0.338 e. The van der Waals surface area contributed by atoms with Crippen molar-refractivity contribution in [2.45, 2.75) is 94.2 Å². The molecule has 7 atom stereocenters. The van der Waals surface area contributed by atoms with Gasteiger partial charge in [0.2, 0.25) is 0 Å². The zero-order chi connectivity index (χ0) is 25.9. The molecule has 2 saturated carbocycles. The molecular formula is C26H45F3N8. The van der Waals surface area contributed by atoms with Crippen LogP contribution in [-0.4, -0.2) is 104 Å². The van der Waals surface area contributed by atoms with Crippen LogP contribution in [-0.2, 0) is 0 Å². The molecule has 0 aromatic carbocycles. The molecule has 5 N–H and O–H groups in total. The summed E-state index contributed by atoms with van der Waals surface area (Å²) >= 11 is 0. The molecule has 8 nitrogen and oxygen atoms in total. The highest BCUT2D eigenvalue weighted by atomic mass is 19.4. The quantitative estimate of drug-likeness (QED) is 0.374. The number of fused-ring (bicyclic) bond motifs is 1. The van der Waals surface area contributed by atoms with E-state index in [9.17, 15) is 13.2 Å². The van der Waals surface area contributed by atoms with Crippen molar-refractivity contribution in [2.75, 3.05) is 40.3 Å². The Labute approximate surface area is 218 Å². The number of hydrogen-bond acceptors (Lipinski definition) is 6. The number of guanidine groups is 1. The molecular weight excluding hydrogens is 481 g/mol. The minimum Gasteiger partial charge on any atom is -0.338 e. The maximum Gasteiger partial charge on any atom is 0.405 e. The summed E-state index contributed by atoms with van der Waals surface area (Å²) in [5, 5.41) is 23.3. The molecule has 2 aliphatic carbocycles. The van der Waals surface area contributed by atoms with E-state index in [-0.39, 0.29) is 37.0 Å². The van der Waals surface area contributed by atoms with Gasteiger partial charge in [-0.05, 0) is 82.7 Å². The number of nitrogens with one attached hydrogen (secondary N) is 5. The Morgan fingerprint density at radius 3 is 2.32 bits per heavy atom. The van der Waals surface area contributed by atoms with Crippen LogP contribution in [0.3, 0.4) is 0 Å². The lowest BCUT2D eigenvalue weighted by Gasteiger charge is -2.46. The molecule has 0 radical (unpaired) electrons. The summed E-state index contributed by atoms with van der Waals surface area (Å²) in [7, 11) is 3.85. The van der Waals surface area contributed by atoms with Gasteiger partial charge in [-0.1, -0.05) is 0 Å². The van der Waals surface area contributed by atoms with Crippen molar-refractivity contribution in [3.05, 3.63) is 0 Å². The lowest BCUT2D eigenvalue weighted by atomic mass is 9.80. The Bertz CT molecular complexity index is 829. The van der Waals surface area contributed by atoms with Gasteiger partial charge in [0.05, 0.1) is 18.4 Å². The zero-order valence-corrected chi connectivity index (χ0v) is 22.2. The van der Waals surface area contributed by atoms with Crippen molar-refractivity contribution in [1.29, 1.82) is 5.41 Å². The molecule has 6 fully saturated rings. The molecule has 0 bridgehead atoms. The topological polar surface area (TPSA) is 81.7 Å². The highest BCUT2D eigenvalue weighted by molar-refractivity contribution is 5.80. The molecule has 4 aliphatic heterocycles. The van der Waals surface area contributed by atoms with E-state index in [2.05, 4.69) is 31.1 Å². The Kier molecular flexibility index (Phi) is 7.14. The summed E-state index contributed by atoms with van der Waals surface area (Å²) < 4.78 is 39.7. The van der Waals surface area contributed by atoms with E-state index >= 15 is 0 Å². The van der Waals surface area contributed by atoms with Crippen LogP contribution in [0.2, 0.25) is 0 Å². The summed E-state index contributed by atoms with van der Waals surface area (Å²) in [6.45, 7) is 2.90. The molecule has 4 heterocycles. The first kappa shape index (κ1) is 26.1. The van der Waals surface area contributed by atoms with Gasteiger partial charge in [0.15, 0.2) is 5.96 Å². The lowest BCUT2D eigenvalue weighted by molar-refractivity contribution is -0.150. The van der Waals surface area contributed by atoms with Crippen LogP contribution in [0.25, 0.3) is 0 Å². The van der Waals surface area contributed by atoms with Gasteiger partial charge in [-0.3, -0.25) is 26.3 Å². The maximum atomic E-state index is 13.2. The first-order valence-electron chi connectivity index (χ1n) is 14.5. The zero-order valence-electron chi connectivity index (χ0n) is 22.2. The predicted octanol–water partition coefficient (Wildman–Crippen LogP) is 1.76. The van der Waals surface area contributed by atoms with Gasteiger partial charge in [0.1, 0.15) is 12.2 Å². The van der Waals surface area contributed by atoms with E-state index in [0.717, 1.165) is 51.2 Å².